The standard InChI is InChI=1S/C14H19N3O/c15-10-12-6-5-9-16-13(12)17-11-14(18)7-3-1-2-4-8-14/h5-6,9,18H,1-4,7-8,11H2,(H,16,17). The average molecular weight is 245 g/mol. The van der Waals surface area contributed by atoms with E-state index < -0.39 is 5.60 Å². The molecule has 0 bridgehead atoms. The van der Waals surface area contributed by atoms with Gasteiger partial charge in [0.2, 0.25) is 0 Å². The normalized spacial score (nSPS) is 18.7. The van der Waals surface area contributed by atoms with Gasteiger partial charge in [0.1, 0.15) is 11.9 Å². The Balaban J connectivity index is 2.00. The molecule has 0 radical (unpaired) electrons. The molecule has 0 amide bonds. The van der Waals surface area contributed by atoms with Gasteiger partial charge < -0.3 is 10.4 Å². The Hall–Kier alpha value is -1.60. The van der Waals surface area contributed by atoms with Crippen molar-refractivity contribution in [2.24, 2.45) is 0 Å². The molecule has 0 spiro atoms. The molecule has 1 saturated carbocycles. The summed E-state index contributed by atoms with van der Waals surface area (Å²) in [4.78, 5) is 4.14. The highest BCUT2D eigenvalue weighted by molar-refractivity contribution is 5.51. The number of anilines is 1. The molecule has 2 N–H and O–H groups in total. The molecule has 0 saturated heterocycles. The zero-order valence-corrected chi connectivity index (χ0v) is 10.5. The van der Waals surface area contributed by atoms with Crippen LogP contribution in [0.25, 0.3) is 0 Å². The predicted molar refractivity (Wildman–Crippen MR) is 70.1 cm³/mol. The number of nitrogens with zero attached hydrogens (tertiary/aromatic N) is 2. The summed E-state index contributed by atoms with van der Waals surface area (Å²) in [5.41, 5.74) is -0.129. The molecule has 0 atom stereocenters. The van der Waals surface area contributed by atoms with Gasteiger partial charge in [-0.1, -0.05) is 25.7 Å². The number of nitrogens with one attached hydrogen (secondary N) is 1. The van der Waals surface area contributed by atoms with E-state index in [1.165, 1.54) is 12.8 Å². The molecule has 0 aromatic carbocycles. The van der Waals surface area contributed by atoms with E-state index in [1.54, 1.807) is 18.3 Å². The number of hydrogen-bond donors (Lipinski definition) is 2. The van der Waals surface area contributed by atoms with Gasteiger partial charge in [-0.2, -0.15) is 5.26 Å². The molecule has 18 heavy (non-hydrogen) atoms. The van der Waals surface area contributed by atoms with E-state index in [2.05, 4.69) is 16.4 Å². The van der Waals surface area contributed by atoms with Gasteiger partial charge in [-0.05, 0) is 25.0 Å². The molecule has 1 fully saturated rings. The van der Waals surface area contributed by atoms with Crippen LogP contribution in [0.3, 0.4) is 0 Å². The number of aliphatic hydroxyl groups is 1. The van der Waals surface area contributed by atoms with Crippen LogP contribution in [0.4, 0.5) is 5.82 Å². The van der Waals surface area contributed by atoms with E-state index in [0.29, 0.717) is 17.9 Å². The van der Waals surface area contributed by atoms with Crippen molar-refractivity contribution in [3.8, 4) is 6.07 Å². The Morgan fingerprint density at radius 2 is 2.06 bits per heavy atom. The Labute approximate surface area is 108 Å². The highest BCUT2D eigenvalue weighted by atomic mass is 16.3. The Morgan fingerprint density at radius 3 is 2.72 bits per heavy atom. The molecular weight excluding hydrogens is 226 g/mol. The van der Waals surface area contributed by atoms with Gasteiger partial charge in [0.05, 0.1) is 11.2 Å². The van der Waals surface area contributed by atoms with Gasteiger partial charge in [0.25, 0.3) is 0 Å². The van der Waals surface area contributed by atoms with Gasteiger partial charge in [-0.3, -0.25) is 0 Å². The van der Waals surface area contributed by atoms with Gasteiger partial charge in [-0.15, -0.1) is 0 Å². The molecule has 1 aromatic rings. The number of nitriles is 1. The van der Waals surface area contributed by atoms with Crippen LogP contribution in [0.2, 0.25) is 0 Å². The van der Waals surface area contributed by atoms with Crippen LogP contribution in [-0.2, 0) is 0 Å². The van der Waals surface area contributed by atoms with Crippen LogP contribution in [0, 0.1) is 11.3 Å². The molecule has 1 heterocycles. The molecule has 4 heteroatoms. The van der Waals surface area contributed by atoms with Crippen LogP contribution >= 0.6 is 0 Å². The molecule has 1 aromatic heterocycles. The lowest BCUT2D eigenvalue weighted by Crippen LogP contribution is -2.36. The first-order valence-corrected chi connectivity index (χ1v) is 6.55. The van der Waals surface area contributed by atoms with E-state index in [9.17, 15) is 5.11 Å². The fraction of sp³-hybridized carbons (Fsp3) is 0.571. The van der Waals surface area contributed by atoms with E-state index in [0.717, 1.165) is 25.7 Å². The summed E-state index contributed by atoms with van der Waals surface area (Å²) in [6, 6.07) is 5.57. The first-order valence-electron chi connectivity index (χ1n) is 6.55. The topological polar surface area (TPSA) is 68.9 Å². The quantitative estimate of drug-likeness (QED) is 0.803. The minimum absolute atomic E-state index is 0.471. The number of aromatic nitrogens is 1. The molecule has 96 valence electrons. The maximum atomic E-state index is 10.5. The summed E-state index contributed by atoms with van der Waals surface area (Å²) < 4.78 is 0. The number of pyridine rings is 1. The second-order valence-corrected chi connectivity index (χ2v) is 5.00. The SMILES string of the molecule is N#Cc1cccnc1NCC1(O)CCCCCC1. The van der Waals surface area contributed by atoms with Crippen molar-refractivity contribution in [3.63, 3.8) is 0 Å². The van der Waals surface area contributed by atoms with Gasteiger partial charge in [0, 0.05) is 12.7 Å². The second-order valence-electron chi connectivity index (χ2n) is 5.00. The molecule has 0 unspecified atom stereocenters. The Kier molecular flexibility index (Phi) is 4.16. The first kappa shape index (κ1) is 12.8. The third-order valence-electron chi connectivity index (χ3n) is 3.55. The number of rotatable bonds is 3. The zero-order chi connectivity index (χ0) is 12.8. The minimum atomic E-state index is -0.652. The van der Waals surface area contributed by atoms with Crippen molar-refractivity contribution in [2.45, 2.75) is 44.1 Å². The lowest BCUT2D eigenvalue weighted by molar-refractivity contribution is 0.0380. The molecule has 4 nitrogen and oxygen atoms in total. The molecular formula is C14H19N3O. The van der Waals surface area contributed by atoms with Crippen LogP contribution in [0.1, 0.15) is 44.1 Å². The van der Waals surface area contributed by atoms with E-state index in [-0.39, 0.29) is 0 Å². The maximum absolute atomic E-state index is 10.5. The summed E-state index contributed by atoms with van der Waals surface area (Å²) in [5.74, 6) is 0.567. The summed E-state index contributed by atoms with van der Waals surface area (Å²) >= 11 is 0. The van der Waals surface area contributed by atoms with Gasteiger partial charge in [-0.25, -0.2) is 4.98 Å². The van der Waals surface area contributed by atoms with Crippen molar-refractivity contribution in [1.29, 1.82) is 5.26 Å². The molecule has 1 aliphatic rings. The van der Waals surface area contributed by atoms with E-state index in [1.807, 2.05) is 0 Å². The Morgan fingerprint density at radius 1 is 1.33 bits per heavy atom. The van der Waals surface area contributed by atoms with Gasteiger partial charge in [0.15, 0.2) is 0 Å². The third kappa shape index (κ3) is 3.21. The smallest absolute Gasteiger partial charge is 0.143 e. The minimum Gasteiger partial charge on any atom is -0.388 e. The summed E-state index contributed by atoms with van der Waals surface area (Å²) in [6.07, 6.45) is 7.87. The fourth-order valence-corrected chi connectivity index (χ4v) is 2.45. The predicted octanol–water partition coefficient (Wildman–Crippen LogP) is 2.45. The number of hydrogen-bond acceptors (Lipinski definition) is 4. The maximum Gasteiger partial charge on any atom is 0.143 e. The van der Waals surface area contributed by atoms with Crippen LogP contribution in [0.5, 0.6) is 0 Å². The highest BCUT2D eigenvalue weighted by Gasteiger charge is 2.27. The van der Waals surface area contributed by atoms with Crippen molar-refractivity contribution >= 4 is 5.82 Å². The highest BCUT2D eigenvalue weighted by Crippen LogP contribution is 2.27. The Bertz CT molecular complexity index is 431. The van der Waals surface area contributed by atoms with Crippen LogP contribution < -0.4 is 5.32 Å². The molecule has 0 aliphatic heterocycles. The molecule has 2 rings (SSSR count). The third-order valence-corrected chi connectivity index (χ3v) is 3.55. The average Bonchev–Trinajstić information content (AvgIpc) is 2.62. The second kappa shape index (κ2) is 5.83. The monoisotopic (exact) mass is 245 g/mol. The summed E-state index contributed by atoms with van der Waals surface area (Å²) in [5, 5.41) is 22.6. The van der Waals surface area contributed by atoms with Gasteiger partial charge >= 0.3 is 0 Å². The van der Waals surface area contributed by atoms with Crippen molar-refractivity contribution < 1.29 is 5.11 Å². The molecule has 1 aliphatic carbocycles. The van der Waals surface area contributed by atoms with E-state index in [4.69, 9.17) is 5.26 Å². The summed E-state index contributed by atoms with van der Waals surface area (Å²) in [7, 11) is 0. The largest absolute Gasteiger partial charge is 0.388 e. The van der Waals surface area contributed by atoms with Crippen LogP contribution in [0.15, 0.2) is 18.3 Å². The van der Waals surface area contributed by atoms with Crippen molar-refractivity contribution in [1.82, 2.24) is 4.98 Å². The van der Waals surface area contributed by atoms with E-state index >= 15 is 0 Å². The van der Waals surface area contributed by atoms with Crippen molar-refractivity contribution in [3.05, 3.63) is 23.9 Å². The van der Waals surface area contributed by atoms with Crippen LogP contribution in [-0.4, -0.2) is 22.2 Å². The van der Waals surface area contributed by atoms with Crippen molar-refractivity contribution in [2.75, 3.05) is 11.9 Å². The summed E-state index contributed by atoms with van der Waals surface area (Å²) in [6.45, 7) is 0.471. The zero-order valence-electron chi connectivity index (χ0n) is 10.5. The fourth-order valence-electron chi connectivity index (χ4n) is 2.45. The first-order chi connectivity index (χ1) is 8.73. The lowest BCUT2D eigenvalue weighted by atomic mass is 9.94. The lowest BCUT2D eigenvalue weighted by Gasteiger charge is -2.27.